The second-order valence-electron chi connectivity index (χ2n) is 6.16. The van der Waals surface area contributed by atoms with Crippen LogP contribution in [0.4, 0.5) is 0 Å². The van der Waals surface area contributed by atoms with Crippen LogP contribution in [0, 0.1) is 0 Å². The molecule has 21 heavy (non-hydrogen) atoms. The second-order valence-corrected chi connectivity index (χ2v) is 7.57. The summed E-state index contributed by atoms with van der Waals surface area (Å²) in [6.45, 7) is 9.25. The molecule has 0 aromatic heterocycles. The third kappa shape index (κ3) is 3.85. The summed E-state index contributed by atoms with van der Waals surface area (Å²) in [4.78, 5) is 9.68. The topological polar surface area (TPSA) is 83.5 Å². The first-order chi connectivity index (χ1) is 9.65. The fourth-order valence-corrected chi connectivity index (χ4v) is 3.74. The SMILES string of the molecule is CC(C)OC1[C@@H]2OC[C@@]1(COP(=O)(O)OC(C)C)O[C@H]2C. The summed E-state index contributed by atoms with van der Waals surface area (Å²) < 4.78 is 39.3. The molecule has 2 aliphatic heterocycles. The van der Waals surface area contributed by atoms with Crippen LogP contribution in [-0.2, 0) is 27.8 Å². The van der Waals surface area contributed by atoms with Gasteiger partial charge in [0.15, 0.2) is 0 Å². The van der Waals surface area contributed by atoms with Gasteiger partial charge in [-0.1, -0.05) is 0 Å². The van der Waals surface area contributed by atoms with E-state index in [0.717, 1.165) is 0 Å². The highest BCUT2D eigenvalue weighted by Crippen LogP contribution is 2.49. The van der Waals surface area contributed by atoms with E-state index in [4.69, 9.17) is 23.3 Å². The normalized spacial score (nSPS) is 38.4. The average molecular weight is 324 g/mol. The first-order valence-electron chi connectivity index (χ1n) is 7.26. The van der Waals surface area contributed by atoms with Gasteiger partial charge in [-0.25, -0.2) is 4.57 Å². The van der Waals surface area contributed by atoms with Gasteiger partial charge in [0.05, 0.1) is 31.5 Å². The van der Waals surface area contributed by atoms with Crippen molar-refractivity contribution < 1.29 is 32.7 Å². The lowest BCUT2D eigenvalue weighted by Gasteiger charge is -2.31. The zero-order valence-corrected chi connectivity index (χ0v) is 14.0. The van der Waals surface area contributed by atoms with Gasteiger partial charge in [-0.05, 0) is 34.6 Å². The Bertz CT molecular complexity index is 413. The summed E-state index contributed by atoms with van der Waals surface area (Å²) in [7, 11) is -4.11. The number of hydrogen-bond donors (Lipinski definition) is 1. The molecule has 2 rings (SSSR count). The molecular formula is C13H25O7P. The maximum Gasteiger partial charge on any atom is 0.472 e. The monoisotopic (exact) mass is 324 g/mol. The van der Waals surface area contributed by atoms with Crippen LogP contribution in [0.1, 0.15) is 34.6 Å². The van der Waals surface area contributed by atoms with Crippen molar-refractivity contribution in [1.82, 2.24) is 0 Å². The van der Waals surface area contributed by atoms with Crippen molar-refractivity contribution in [2.75, 3.05) is 13.2 Å². The van der Waals surface area contributed by atoms with Crippen molar-refractivity contribution in [3.63, 3.8) is 0 Å². The van der Waals surface area contributed by atoms with Crippen LogP contribution in [0.2, 0.25) is 0 Å². The first kappa shape index (κ1) is 17.3. The Labute approximate surface area is 125 Å². The molecule has 0 aliphatic carbocycles. The minimum Gasteiger partial charge on any atom is -0.370 e. The fraction of sp³-hybridized carbons (Fsp3) is 1.00. The van der Waals surface area contributed by atoms with Gasteiger partial charge >= 0.3 is 7.82 Å². The van der Waals surface area contributed by atoms with Gasteiger partial charge in [-0.15, -0.1) is 0 Å². The largest absolute Gasteiger partial charge is 0.472 e. The minimum absolute atomic E-state index is 0.000296. The molecule has 0 radical (unpaired) electrons. The smallest absolute Gasteiger partial charge is 0.370 e. The Hall–Kier alpha value is -0.0100. The number of fused-ring (bicyclic) bond motifs is 2. The zero-order chi connectivity index (χ0) is 15.8. The summed E-state index contributed by atoms with van der Waals surface area (Å²) in [5.41, 5.74) is -0.854. The van der Waals surface area contributed by atoms with Crippen LogP contribution >= 0.6 is 7.82 Å². The van der Waals surface area contributed by atoms with Crippen LogP contribution in [0.15, 0.2) is 0 Å². The van der Waals surface area contributed by atoms with Crippen LogP contribution < -0.4 is 0 Å². The third-order valence-corrected chi connectivity index (χ3v) is 4.60. The van der Waals surface area contributed by atoms with Crippen LogP contribution in [0.3, 0.4) is 0 Å². The Morgan fingerprint density at radius 2 is 2.00 bits per heavy atom. The van der Waals surface area contributed by atoms with E-state index >= 15 is 0 Å². The number of ether oxygens (including phenoxy) is 3. The predicted octanol–water partition coefficient (Wildman–Crippen LogP) is 1.88. The molecule has 0 spiro atoms. The van der Waals surface area contributed by atoms with E-state index in [2.05, 4.69) is 0 Å². The quantitative estimate of drug-likeness (QED) is 0.716. The molecule has 2 heterocycles. The zero-order valence-electron chi connectivity index (χ0n) is 13.1. The highest BCUT2D eigenvalue weighted by molar-refractivity contribution is 7.47. The van der Waals surface area contributed by atoms with Crippen molar-refractivity contribution in [2.24, 2.45) is 0 Å². The molecule has 124 valence electrons. The van der Waals surface area contributed by atoms with E-state index in [1.807, 2.05) is 20.8 Å². The lowest BCUT2D eigenvalue weighted by molar-refractivity contribution is -0.158. The number of phosphoric ester groups is 1. The molecule has 0 amide bonds. The van der Waals surface area contributed by atoms with E-state index < -0.39 is 19.5 Å². The summed E-state index contributed by atoms with van der Waals surface area (Å²) in [5, 5.41) is 0. The lowest BCUT2D eigenvalue weighted by atomic mass is 9.99. The Kier molecular flexibility index (Phi) is 5.15. The molecule has 0 aromatic carbocycles. The van der Waals surface area contributed by atoms with Crippen LogP contribution in [-0.4, -0.2) is 54.2 Å². The minimum atomic E-state index is -4.11. The average Bonchev–Trinajstić information content (AvgIpc) is 2.76. The lowest BCUT2D eigenvalue weighted by Crippen LogP contribution is -2.46. The first-order valence-corrected chi connectivity index (χ1v) is 8.75. The molecule has 7 nitrogen and oxygen atoms in total. The standard InChI is InChI=1S/C13H25O7P/c1-8(2)18-12-11-10(5)19-13(12,6-16-11)7-17-21(14,15)20-9(3)4/h8-12H,6-7H2,1-5H3,(H,14,15)/t10-,11+,12?,13-/m0/s1. The van der Waals surface area contributed by atoms with Crippen molar-refractivity contribution >= 4 is 7.82 Å². The molecule has 2 saturated heterocycles. The van der Waals surface area contributed by atoms with Gasteiger partial charge in [-0.2, -0.15) is 0 Å². The highest BCUT2D eigenvalue weighted by atomic mass is 31.2. The maximum atomic E-state index is 11.8. The van der Waals surface area contributed by atoms with Crippen LogP contribution in [0.5, 0.6) is 0 Å². The van der Waals surface area contributed by atoms with Gasteiger partial charge in [0.1, 0.15) is 17.8 Å². The molecule has 2 fully saturated rings. The maximum absolute atomic E-state index is 11.8. The van der Waals surface area contributed by atoms with E-state index in [-0.39, 0.29) is 37.6 Å². The fourth-order valence-electron chi connectivity index (χ4n) is 2.77. The van der Waals surface area contributed by atoms with Crippen molar-refractivity contribution in [1.29, 1.82) is 0 Å². The van der Waals surface area contributed by atoms with E-state index in [1.165, 1.54) is 0 Å². The van der Waals surface area contributed by atoms with Gasteiger partial charge in [-0.3, -0.25) is 9.05 Å². The van der Waals surface area contributed by atoms with E-state index in [0.29, 0.717) is 0 Å². The van der Waals surface area contributed by atoms with E-state index in [1.54, 1.807) is 13.8 Å². The molecule has 2 aliphatic rings. The molecule has 8 heteroatoms. The van der Waals surface area contributed by atoms with E-state index in [9.17, 15) is 9.46 Å². The van der Waals surface area contributed by atoms with Crippen molar-refractivity contribution in [2.45, 2.75) is 70.7 Å². The molecule has 5 atom stereocenters. The molecule has 2 unspecified atom stereocenters. The number of phosphoric acid groups is 1. The Balaban J connectivity index is 2.04. The van der Waals surface area contributed by atoms with Crippen molar-refractivity contribution in [3.8, 4) is 0 Å². The number of hydrogen-bond acceptors (Lipinski definition) is 6. The van der Waals surface area contributed by atoms with Gasteiger partial charge in [0.2, 0.25) is 0 Å². The Morgan fingerprint density at radius 3 is 2.52 bits per heavy atom. The molecule has 0 aromatic rings. The molecule has 2 bridgehead atoms. The number of rotatable bonds is 7. The molecule has 1 N–H and O–H groups in total. The summed E-state index contributed by atoms with van der Waals surface area (Å²) >= 11 is 0. The molecule has 0 saturated carbocycles. The van der Waals surface area contributed by atoms with Gasteiger partial charge in [0.25, 0.3) is 0 Å². The van der Waals surface area contributed by atoms with Crippen molar-refractivity contribution in [3.05, 3.63) is 0 Å². The second kappa shape index (κ2) is 6.24. The highest BCUT2D eigenvalue weighted by Gasteiger charge is 2.62. The summed E-state index contributed by atoms with van der Waals surface area (Å²) in [5.74, 6) is 0. The molecular weight excluding hydrogens is 299 g/mol. The third-order valence-electron chi connectivity index (χ3n) is 3.46. The van der Waals surface area contributed by atoms with Crippen LogP contribution in [0.25, 0.3) is 0 Å². The summed E-state index contributed by atoms with van der Waals surface area (Å²) in [6.07, 6.45) is -1.04. The van der Waals surface area contributed by atoms with Gasteiger partial charge in [0, 0.05) is 0 Å². The summed E-state index contributed by atoms with van der Waals surface area (Å²) in [6, 6.07) is 0. The predicted molar refractivity (Wildman–Crippen MR) is 75.0 cm³/mol. The van der Waals surface area contributed by atoms with Gasteiger partial charge < -0.3 is 19.1 Å². The Morgan fingerprint density at radius 1 is 1.33 bits per heavy atom.